The van der Waals surface area contributed by atoms with Crippen LogP contribution in [0.5, 0.6) is 5.75 Å². The van der Waals surface area contributed by atoms with Gasteiger partial charge in [-0.25, -0.2) is 4.39 Å². The highest BCUT2D eigenvalue weighted by atomic mass is 19.1. The third-order valence-electron chi connectivity index (χ3n) is 7.94. The zero-order valence-corrected chi connectivity index (χ0v) is 21.0. The number of rotatable bonds is 11. The van der Waals surface area contributed by atoms with Gasteiger partial charge >= 0.3 is 0 Å². The summed E-state index contributed by atoms with van der Waals surface area (Å²) in [4.78, 5) is 0. The molecule has 32 heavy (non-hydrogen) atoms. The van der Waals surface area contributed by atoms with Crippen LogP contribution in [-0.2, 0) is 0 Å². The number of halogens is 1. The van der Waals surface area contributed by atoms with Gasteiger partial charge in [-0.05, 0) is 79.5 Å². The molecule has 0 saturated heterocycles. The summed E-state index contributed by atoms with van der Waals surface area (Å²) >= 11 is 0. The number of allylic oxidation sites excluding steroid dienone is 4. The van der Waals surface area contributed by atoms with Gasteiger partial charge in [0.2, 0.25) is 0 Å². The Balaban J connectivity index is 1.55. The molecule has 2 aliphatic carbocycles. The SMILES string of the molecule is CCCCCCC(C)Oc1ccc(C2=CCC(C)(C3CCC(CCC)CC3)C=C2)cc1F. The van der Waals surface area contributed by atoms with Crippen LogP contribution in [0, 0.1) is 23.1 Å². The smallest absolute Gasteiger partial charge is 0.165 e. The molecule has 0 heterocycles. The molecule has 178 valence electrons. The Bertz CT molecular complexity index is 771. The number of hydrogen-bond donors (Lipinski definition) is 0. The highest BCUT2D eigenvalue weighted by Gasteiger charge is 2.35. The molecule has 1 aromatic carbocycles. The predicted octanol–water partition coefficient (Wildman–Crippen LogP) is 9.52. The second-order valence-corrected chi connectivity index (χ2v) is 10.6. The molecule has 2 atom stereocenters. The number of benzene rings is 1. The lowest BCUT2D eigenvalue weighted by molar-refractivity contribution is 0.155. The van der Waals surface area contributed by atoms with Gasteiger partial charge in [0, 0.05) is 0 Å². The summed E-state index contributed by atoms with van der Waals surface area (Å²) in [7, 11) is 0. The Morgan fingerprint density at radius 2 is 1.84 bits per heavy atom. The normalized spacial score (nSPS) is 26.6. The molecule has 1 fully saturated rings. The molecule has 2 aliphatic rings. The van der Waals surface area contributed by atoms with Gasteiger partial charge in [-0.2, -0.15) is 0 Å². The fourth-order valence-electron chi connectivity index (χ4n) is 5.69. The second kappa shape index (κ2) is 12.1. The highest BCUT2D eigenvalue weighted by molar-refractivity contribution is 5.75. The van der Waals surface area contributed by atoms with E-state index in [0.717, 1.165) is 42.2 Å². The standard InChI is InChI=1S/C30H45FO/c1-5-7-8-9-11-23(3)32-29-17-14-26(22-28(29)31)25-18-20-30(4,21-19-25)27-15-12-24(10-6-2)13-16-27/h14,17-20,22-24,27H,5-13,15-16,21H2,1-4H3. The minimum atomic E-state index is -0.250. The van der Waals surface area contributed by atoms with Crippen LogP contribution in [0.2, 0.25) is 0 Å². The van der Waals surface area contributed by atoms with E-state index in [2.05, 4.69) is 39.0 Å². The molecule has 3 rings (SSSR count). The third-order valence-corrected chi connectivity index (χ3v) is 7.94. The molecule has 0 spiro atoms. The van der Waals surface area contributed by atoms with Crippen molar-refractivity contribution in [3.05, 3.63) is 47.8 Å². The number of unbranched alkanes of at least 4 members (excludes halogenated alkanes) is 3. The summed E-state index contributed by atoms with van der Waals surface area (Å²) in [5.41, 5.74) is 2.34. The maximum absolute atomic E-state index is 14.8. The van der Waals surface area contributed by atoms with E-state index in [1.807, 2.05) is 19.1 Å². The third kappa shape index (κ3) is 6.72. The van der Waals surface area contributed by atoms with Gasteiger partial charge < -0.3 is 4.74 Å². The first kappa shape index (κ1) is 25.1. The van der Waals surface area contributed by atoms with E-state index in [0.29, 0.717) is 5.75 Å². The summed E-state index contributed by atoms with van der Waals surface area (Å²) < 4.78 is 20.7. The zero-order valence-electron chi connectivity index (χ0n) is 21.0. The minimum absolute atomic E-state index is 0.0501. The van der Waals surface area contributed by atoms with Gasteiger partial charge in [-0.3, -0.25) is 0 Å². The fourth-order valence-corrected chi connectivity index (χ4v) is 5.69. The molecule has 0 N–H and O–H groups in total. The van der Waals surface area contributed by atoms with Crippen molar-refractivity contribution in [3.8, 4) is 5.75 Å². The summed E-state index contributed by atoms with van der Waals surface area (Å²) in [5.74, 6) is 1.85. The van der Waals surface area contributed by atoms with E-state index in [1.54, 1.807) is 6.07 Å². The molecule has 0 radical (unpaired) electrons. The van der Waals surface area contributed by atoms with Gasteiger partial charge in [0.05, 0.1) is 6.10 Å². The van der Waals surface area contributed by atoms with Gasteiger partial charge in [0.25, 0.3) is 0 Å². The molecule has 2 heteroatoms. The molecule has 0 amide bonds. The van der Waals surface area contributed by atoms with Crippen LogP contribution in [0.3, 0.4) is 0 Å². The molecule has 0 bridgehead atoms. The zero-order chi connectivity index (χ0) is 23.0. The van der Waals surface area contributed by atoms with Crippen molar-refractivity contribution >= 4 is 5.57 Å². The molecule has 1 saturated carbocycles. The largest absolute Gasteiger partial charge is 0.488 e. The highest BCUT2D eigenvalue weighted by Crippen LogP contribution is 2.47. The van der Waals surface area contributed by atoms with E-state index in [4.69, 9.17) is 4.74 Å². The second-order valence-electron chi connectivity index (χ2n) is 10.6. The van der Waals surface area contributed by atoms with Crippen LogP contribution < -0.4 is 4.74 Å². The van der Waals surface area contributed by atoms with Crippen LogP contribution in [0.1, 0.15) is 110 Å². The Labute approximate surface area is 196 Å². The first-order valence-electron chi connectivity index (χ1n) is 13.3. The van der Waals surface area contributed by atoms with Gasteiger partial charge in [-0.1, -0.05) is 90.0 Å². The summed E-state index contributed by atoms with van der Waals surface area (Å²) in [5, 5.41) is 0. The first-order valence-corrected chi connectivity index (χ1v) is 13.3. The Morgan fingerprint density at radius 1 is 1.06 bits per heavy atom. The Morgan fingerprint density at radius 3 is 2.47 bits per heavy atom. The van der Waals surface area contributed by atoms with Crippen molar-refractivity contribution in [1.29, 1.82) is 0 Å². The Hall–Kier alpha value is -1.57. The van der Waals surface area contributed by atoms with Crippen LogP contribution in [-0.4, -0.2) is 6.10 Å². The van der Waals surface area contributed by atoms with E-state index >= 15 is 0 Å². The van der Waals surface area contributed by atoms with Gasteiger partial charge in [0.15, 0.2) is 11.6 Å². The van der Waals surface area contributed by atoms with Gasteiger partial charge in [0.1, 0.15) is 0 Å². The maximum atomic E-state index is 14.8. The summed E-state index contributed by atoms with van der Waals surface area (Å²) in [6.07, 6.45) is 22.1. The van der Waals surface area contributed by atoms with Crippen LogP contribution in [0.4, 0.5) is 4.39 Å². The molecule has 2 unspecified atom stereocenters. The van der Waals surface area contributed by atoms with Crippen LogP contribution in [0.15, 0.2) is 36.4 Å². The lowest BCUT2D eigenvalue weighted by atomic mass is 9.64. The van der Waals surface area contributed by atoms with Crippen molar-refractivity contribution in [1.82, 2.24) is 0 Å². The topological polar surface area (TPSA) is 9.23 Å². The van der Waals surface area contributed by atoms with E-state index < -0.39 is 0 Å². The molecule has 1 nitrogen and oxygen atoms in total. The van der Waals surface area contributed by atoms with Crippen molar-refractivity contribution < 1.29 is 9.13 Å². The van der Waals surface area contributed by atoms with Crippen molar-refractivity contribution in [2.45, 2.75) is 111 Å². The monoisotopic (exact) mass is 440 g/mol. The average Bonchev–Trinajstić information content (AvgIpc) is 2.79. The van der Waals surface area contributed by atoms with Crippen molar-refractivity contribution in [3.63, 3.8) is 0 Å². The summed E-state index contributed by atoms with van der Waals surface area (Å²) in [6, 6.07) is 5.47. The lowest BCUT2D eigenvalue weighted by Crippen LogP contribution is -2.30. The van der Waals surface area contributed by atoms with E-state index in [9.17, 15) is 4.39 Å². The molecular formula is C30H45FO. The van der Waals surface area contributed by atoms with E-state index in [-0.39, 0.29) is 17.3 Å². The predicted molar refractivity (Wildman–Crippen MR) is 135 cm³/mol. The molecule has 1 aromatic rings. The molecular weight excluding hydrogens is 395 g/mol. The van der Waals surface area contributed by atoms with E-state index in [1.165, 1.54) is 57.8 Å². The van der Waals surface area contributed by atoms with Gasteiger partial charge in [-0.15, -0.1) is 0 Å². The van der Waals surface area contributed by atoms with Crippen molar-refractivity contribution in [2.75, 3.05) is 0 Å². The van der Waals surface area contributed by atoms with Crippen LogP contribution in [0.25, 0.3) is 5.57 Å². The maximum Gasteiger partial charge on any atom is 0.165 e. The Kier molecular flexibility index (Phi) is 9.44. The minimum Gasteiger partial charge on any atom is -0.488 e. The summed E-state index contributed by atoms with van der Waals surface area (Å²) in [6.45, 7) is 8.98. The average molecular weight is 441 g/mol. The van der Waals surface area contributed by atoms with Crippen LogP contribution >= 0.6 is 0 Å². The fraction of sp³-hybridized carbons (Fsp3) is 0.667. The first-order chi connectivity index (χ1) is 15.4. The van der Waals surface area contributed by atoms with Crippen molar-refractivity contribution in [2.24, 2.45) is 17.3 Å². The number of hydrogen-bond acceptors (Lipinski definition) is 1. The lowest BCUT2D eigenvalue weighted by Gasteiger charge is -2.41. The molecule has 0 aliphatic heterocycles. The molecule has 0 aromatic heterocycles. The quantitative estimate of drug-likeness (QED) is 0.311. The number of ether oxygens (including phenoxy) is 1.